The van der Waals surface area contributed by atoms with E-state index in [4.69, 9.17) is 10.4 Å². The molecule has 2 N–H and O–H groups in total. The van der Waals surface area contributed by atoms with Gasteiger partial charge < -0.3 is 15.2 Å². The smallest absolute Gasteiger partial charge is 0.219 e. The maximum absolute atomic E-state index is 11.5. The van der Waals surface area contributed by atoms with Crippen LogP contribution in [0, 0.1) is 0 Å². The van der Waals surface area contributed by atoms with Crippen LogP contribution in [0.25, 0.3) is 22.6 Å². The van der Waals surface area contributed by atoms with Crippen molar-refractivity contribution in [3.05, 3.63) is 18.0 Å². The first-order chi connectivity index (χ1) is 13.1. The summed E-state index contributed by atoms with van der Waals surface area (Å²) in [5.41, 5.74) is 9.19. The third kappa shape index (κ3) is 3.12. The van der Waals surface area contributed by atoms with Gasteiger partial charge in [0.2, 0.25) is 5.91 Å². The summed E-state index contributed by atoms with van der Waals surface area (Å²) in [6, 6.07) is 0. The number of aryl methyl sites for hydroxylation is 1. The average molecular weight is 370 g/mol. The molecule has 4 heterocycles. The SMILES string of the molecule is CCn1c(-c2nonc2N)nc2cncc(CN3CCN(C(C)=O)CC3)c21. The van der Waals surface area contributed by atoms with E-state index < -0.39 is 0 Å². The Morgan fingerprint density at radius 2 is 2.00 bits per heavy atom. The van der Waals surface area contributed by atoms with E-state index in [1.165, 1.54) is 0 Å². The Morgan fingerprint density at radius 3 is 2.63 bits per heavy atom. The second kappa shape index (κ2) is 6.95. The summed E-state index contributed by atoms with van der Waals surface area (Å²) in [6.07, 6.45) is 3.62. The fourth-order valence-electron chi connectivity index (χ4n) is 3.58. The van der Waals surface area contributed by atoms with E-state index in [1.807, 2.05) is 18.0 Å². The molecule has 1 fully saturated rings. The molecule has 0 spiro atoms. The number of nitrogens with two attached hydrogens (primary N) is 1. The van der Waals surface area contributed by atoms with Crippen LogP contribution in [0.1, 0.15) is 19.4 Å². The summed E-state index contributed by atoms with van der Waals surface area (Å²) in [4.78, 5) is 24.7. The molecule has 142 valence electrons. The highest BCUT2D eigenvalue weighted by molar-refractivity contribution is 5.83. The van der Waals surface area contributed by atoms with Crippen molar-refractivity contribution in [2.45, 2.75) is 26.9 Å². The molecule has 10 nitrogen and oxygen atoms in total. The molecule has 4 rings (SSSR count). The number of carbonyl (C=O) groups is 1. The number of aromatic nitrogens is 5. The van der Waals surface area contributed by atoms with E-state index in [0.29, 0.717) is 18.1 Å². The zero-order valence-electron chi connectivity index (χ0n) is 15.4. The minimum Gasteiger partial charge on any atom is -0.379 e. The van der Waals surface area contributed by atoms with Crippen molar-refractivity contribution in [2.75, 3.05) is 31.9 Å². The first kappa shape index (κ1) is 17.4. The molecule has 0 bridgehead atoms. The van der Waals surface area contributed by atoms with Crippen LogP contribution in [-0.2, 0) is 17.9 Å². The van der Waals surface area contributed by atoms with Crippen molar-refractivity contribution in [3.63, 3.8) is 0 Å². The van der Waals surface area contributed by atoms with Gasteiger partial charge in [-0.3, -0.25) is 14.7 Å². The number of carbonyl (C=O) groups excluding carboxylic acids is 1. The highest BCUT2D eigenvalue weighted by Crippen LogP contribution is 2.28. The van der Waals surface area contributed by atoms with Crippen LogP contribution < -0.4 is 5.73 Å². The van der Waals surface area contributed by atoms with Crippen molar-refractivity contribution in [2.24, 2.45) is 0 Å². The summed E-state index contributed by atoms with van der Waals surface area (Å²) in [5.74, 6) is 0.975. The summed E-state index contributed by atoms with van der Waals surface area (Å²) in [6.45, 7) is 8.28. The van der Waals surface area contributed by atoms with Gasteiger partial charge in [0.25, 0.3) is 0 Å². The summed E-state index contributed by atoms with van der Waals surface area (Å²) in [7, 11) is 0. The van der Waals surface area contributed by atoms with E-state index in [1.54, 1.807) is 13.1 Å². The fraction of sp³-hybridized carbons (Fsp3) is 0.471. The maximum atomic E-state index is 11.5. The Morgan fingerprint density at radius 1 is 1.22 bits per heavy atom. The maximum Gasteiger partial charge on any atom is 0.219 e. The lowest BCUT2D eigenvalue weighted by Gasteiger charge is -2.34. The quantitative estimate of drug-likeness (QED) is 0.714. The molecule has 0 radical (unpaired) electrons. The van der Waals surface area contributed by atoms with Gasteiger partial charge in [0.05, 0.1) is 11.7 Å². The van der Waals surface area contributed by atoms with Crippen LogP contribution >= 0.6 is 0 Å². The van der Waals surface area contributed by atoms with Crippen molar-refractivity contribution < 1.29 is 9.42 Å². The number of nitrogen functional groups attached to an aromatic ring is 1. The second-order valence-electron chi connectivity index (χ2n) is 6.63. The molecular weight excluding hydrogens is 348 g/mol. The molecule has 3 aromatic heterocycles. The predicted octanol–water partition coefficient (Wildman–Crippen LogP) is 0.747. The Bertz CT molecular complexity index is 971. The number of amides is 1. The number of nitrogens with zero attached hydrogens (tertiary/aromatic N) is 7. The molecule has 0 atom stereocenters. The van der Waals surface area contributed by atoms with Crippen LogP contribution in [0.4, 0.5) is 5.82 Å². The van der Waals surface area contributed by atoms with Gasteiger partial charge in [-0.1, -0.05) is 0 Å². The number of fused-ring (bicyclic) bond motifs is 1. The number of hydrogen-bond donors (Lipinski definition) is 1. The molecule has 0 aliphatic carbocycles. The first-order valence-corrected chi connectivity index (χ1v) is 8.97. The number of hydrogen-bond acceptors (Lipinski definition) is 8. The lowest BCUT2D eigenvalue weighted by Crippen LogP contribution is -2.47. The van der Waals surface area contributed by atoms with E-state index in [2.05, 4.69) is 29.7 Å². The van der Waals surface area contributed by atoms with E-state index in [-0.39, 0.29) is 11.7 Å². The van der Waals surface area contributed by atoms with Crippen LogP contribution in [0.2, 0.25) is 0 Å². The van der Waals surface area contributed by atoms with Gasteiger partial charge in [0.1, 0.15) is 5.52 Å². The molecule has 1 aliphatic heterocycles. The molecule has 1 amide bonds. The molecule has 0 saturated carbocycles. The Labute approximate surface area is 155 Å². The third-order valence-electron chi connectivity index (χ3n) is 4.98. The van der Waals surface area contributed by atoms with Gasteiger partial charge in [-0.2, -0.15) is 0 Å². The number of anilines is 1. The largest absolute Gasteiger partial charge is 0.379 e. The molecular formula is C17H22N8O2. The average Bonchev–Trinajstić information content (AvgIpc) is 3.25. The summed E-state index contributed by atoms with van der Waals surface area (Å²) < 4.78 is 6.81. The Kier molecular flexibility index (Phi) is 4.48. The zero-order chi connectivity index (χ0) is 19.0. The molecule has 27 heavy (non-hydrogen) atoms. The van der Waals surface area contributed by atoms with Gasteiger partial charge in [0.15, 0.2) is 17.3 Å². The number of piperazine rings is 1. The van der Waals surface area contributed by atoms with Gasteiger partial charge in [0, 0.05) is 58.0 Å². The molecule has 1 aliphatic rings. The number of imidazole rings is 1. The van der Waals surface area contributed by atoms with Crippen LogP contribution in [0.5, 0.6) is 0 Å². The van der Waals surface area contributed by atoms with Crippen molar-refractivity contribution >= 4 is 22.8 Å². The Hall–Kier alpha value is -3.01. The highest BCUT2D eigenvalue weighted by Gasteiger charge is 2.23. The monoisotopic (exact) mass is 370 g/mol. The first-order valence-electron chi connectivity index (χ1n) is 8.97. The second-order valence-corrected chi connectivity index (χ2v) is 6.63. The lowest BCUT2D eigenvalue weighted by molar-refractivity contribution is -0.130. The molecule has 0 aromatic carbocycles. The van der Waals surface area contributed by atoms with Crippen LogP contribution in [0.3, 0.4) is 0 Å². The normalized spacial score (nSPS) is 15.6. The van der Waals surface area contributed by atoms with Gasteiger partial charge in [-0.15, -0.1) is 0 Å². The van der Waals surface area contributed by atoms with Crippen LogP contribution in [-0.4, -0.2) is 66.7 Å². The van der Waals surface area contributed by atoms with Gasteiger partial charge >= 0.3 is 0 Å². The molecule has 10 heteroatoms. The topological polar surface area (TPSA) is 119 Å². The summed E-state index contributed by atoms with van der Waals surface area (Å²) >= 11 is 0. The lowest BCUT2D eigenvalue weighted by atomic mass is 10.2. The van der Waals surface area contributed by atoms with Gasteiger partial charge in [-0.25, -0.2) is 9.61 Å². The van der Waals surface area contributed by atoms with E-state index in [0.717, 1.165) is 49.3 Å². The van der Waals surface area contributed by atoms with Crippen molar-refractivity contribution in [1.29, 1.82) is 0 Å². The van der Waals surface area contributed by atoms with Gasteiger partial charge in [-0.05, 0) is 17.2 Å². The zero-order valence-corrected chi connectivity index (χ0v) is 15.4. The third-order valence-corrected chi connectivity index (χ3v) is 4.98. The fourth-order valence-corrected chi connectivity index (χ4v) is 3.58. The minimum absolute atomic E-state index is 0.130. The standard InChI is InChI=1S/C17H22N8O2/c1-3-25-15-12(10-23-4-6-24(7-5-23)11(2)26)8-19-9-13(15)20-17(25)14-16(18)22-27-21-14/h8-9H,3-7,10H2,1-2H3,(H2,18,22). The van der Waals surface area contributed by atoms with E-state index in [9.17, 15) is 4.79 Å². The predicted molar refractivity (Wildman–Crippen MR) is 98.4 cm³/mol. The Balaban J connectivity index is 1.67. The molecule has 1 saturated heterocycles. The number of rotatable bonds is 4. The minimum atomic E-state index is 0.130. The summed E-state index contributed by atoms with van der Waals surface area (Å²) in [5, 5.41) is 7.56. The van der Waals surface area contributed by atoms with Crippen LogP contribution in [0.15, 0.2) is 17.0 Å². The molecule has 0 unspecified atom stereocenters. The number of pyridine rings is 1. The van der Waals surface area contributed by atoms with Crippen molar-refractivity contribution in [1.82, 2.24) is 34.6 Å². The highest BCUT2D eigenvalue weighted by atomic mass is 16.6. The van der Waals surface area contributed by atoms with E-state index >= 15 is 0 Å². The van der Waals surface area contributed by atoms with Crippen molar-refractivity contribution in [3.8, 4) is 11.5 Å². The molecule has 3 aromatic rings.